The van der Waals surface area contributed by atoms with Gasteiger partial charge in [0.05, 0.1) is 6.04 Å². The second kappa shape index (κ2) is 9.43. The number of nitrogens with one attached hydrogen (secondary N) is 1. The second-order valence-electron chi connectivity index (χ2n) is 7.41. The smallest absolute Gasteiger partial charge is 0.245 e. The average Bonchev–Trinajstić information content (AvgIpc) is 3.48. The van der Waals surface area contributed by atoms with E-state index < -0.39 is 6.04 Å². The lowest BCUT2D eigenvalue weighted by molar-refractivity contribution is -0.124. The number of tetrazole rings is 1. The van der Waals surface area contributed by atoms with E-state index in [9.17, 15) is 4.79 Å². The molecule has 0 aliphatic carbocycles. The minimum absolute atomic E-state index is 0.0683. The molecule has 29 heavy (non-hydrogen) atoms. The zero-order valence-corrected chi connectivity index (χ0v) is 16.4. The fourth-order valence-electron chi connectivity index (χ4n) is 3.96. The third kappa shape index (κ3) is 4.86. The summed E-state index contributed by atoms with van der Waals surface area (Å²) < 4.78 is 1.54. The molecule has 1 aromatic heterocycles. The summed E-state index contributed by atoms with van der Waals surface area (Å²) in [6.45, 7) is 2.70. The summed E-state index contributed by atoms with van der Waals surface area (Å²) in [5.41, 5.74) is 2.30. The van der Waals surface area contributed by atoms with Crippen LogP contribution in [0.5, 0.6) is 0 Å². The molecular formula is C22H26N6O. The Kier molecular flexibility index (Phi) is 6.26. The highest BCUT2D eigenvalue weighted by Gasteiger charge is 2.27. The number of nitrogens with zero attached hydrogens (tertiary/aromatic N) is 5. The van der Waals surface area contributed by atoms with Crippen molar-refractivity contribution < 1.29 is 4.79 Å². The monoisotopic (exact) mass is 390 g/mol. The number of benzene rings is 2. The maximum Gasteiger partial charge on any atom is 0.245 e. The van der Waals surface area contributed by atoms with Crippen LogP contribution in [0.25, 0.3) is 0 Å². The van der Waals surface area contributed by atoms with Gasteiger partial charge in [-0.15, -0.1) is 5.10 Å². The number of rotatable bonds is 8. The molecule has 1 N–H and O–H groups in total. The molecule has 150 valence electrons. The highest BCUT2D eigenvalue weighted by Crippen LogP contribution is 2.24. The predicted molar refractivity (Wildman–Crippen MR) is 110 cm³/mol. The van der Waals surface area contributed by atoms with Crippen molar-refractivity contribution in [2.75, 3.05) is 19.6 Å². The van der Waals surface area contributed by atoms with E-state index in [1.165, 1.54) is 29.4 Å². The van der Waals surface area contributed by atoms with E-state index in [0.717, 1.165) is 18.7 Å². The Bertz CT molecular complexity index is 878. The molecule has 2 atom stereocenters. The molecule has 4 rings (SSSR count). The molecule has 7 nitrogen and oxygen atoms in total. The van der Waals surface area contributed by atoms with Crippen LogP contribution < -0.4 is 5.32 Å². The van der Waals surface area contributed by atoms with Crippen molar-refractivity contribution in [2.45, 2.75) is 31.3 Å². The average molecular weight is 390 g/mol. The number of aromatic nitrogens is 4. The molecule has 2 unspecified atom stereocenters. The quantitative estimate of drug-likeness (QED) is 0.639. The van der Waals surface area contributed by atoms with Crippen molar-refractivity contribution in [3.05, 3.63) is 78.1 Å². The van der Waals surface area contributed by atoms with Gasteiger partial charge in [0, 0.05) is 13.0 Å². The lowest BCUT2D eigenvalue weighted by Gasteiger charge is -2.29. The molecule has 0 bridgehead atoms. The number of amides is 1. The minimum atomic E-state index is -0.484. The van der Waals surface area contributed by atoms with Gasteiger partial charge < -0.3 is 5.32 Å². The lowest BCUT2D eigenvalue weighted by Crippen LogP contribution is -2.40. The molecule has 1 fully saturated rings. The Morgan fingerprint density at radius 2 is 1.69 bits per heavy atom. The Labute approximate surface area is 170 Å². The van der Waals surface area contributed by atoms with E-state index in [1.54, 1.807) is 0 Å². The SMILES string of the molecule is O=C(NCC(c1ccccc1)N1CCCC1)C(Cc1ccccc1)n1cnnn1. The number of carbonyl (C=O) groups excluding carboxylic acids is 1. The van der Waals surface area contributed by atoms with Crippen molar-refractivity contribution in [3.8, 4) is 0 Å². The van der Waals surface area contributed by atoms with Gasteiger partial charge in [0.15, 0.2) is 0 Å². The van der Waals surface area contributed by atoms with Gasteiger partial charge in [0.25, 0.3) is 0 Å². The van der Waals surface area contributed by atoms with Crippen molar-refractivity contribution in [3.63, 3.8) is 0 Å². The van der Waals surface area contributed by atoms with Gasteiger partial charge in [-0.3, -0.25) is 9.69 Å². The molecule has 7 heteroatoms. The molecule has 1 aliphatic rings. The number of likely N-dealkylation sites (tertiary alicyclic amines) is 1. The summed E-state index contributed by atoms with van der Waals surface area (Å²) in [7, 11) is 0. The minimum Gasteiger partial charge on any atom is -0.352 e. The molecular weight excluding hydrogens is 364 g/mol. The summed E-state index contributed by atoms with van der Waals surface area (Å²) in [4.78, 5) is 15.6. The van der Waals surface area contributed by atoms with Gasteiger partial charge in [0.2, 0.25) is 5.91 Å². The van der Waals surface area contributed by atoms with Gasteiger partial charge >= 0.3 is 0 Å². The first-order chi connectivity index (χ1) is 14.3. The van der Waals surface area contributed by atoms with Crippen LogP contribution in [0.1, 0.15) is 36.1 Å². The van der Waals surface area contributed by atoms with Crippen LogP contribution in [0, 0.1) is 0 Å². The van der Waals surface area contributed by atoms with E-state index in [0.29, 0.717) is 13.0 Å². The van der Waals surface area contributed by atoms with Crippen molar-refractivity contribution in [1.82, 2.24) is 30.4 Å². The summed E-state index contributed by atoms with van der Waals surface area (Å²) in [6, 6.07) is 20.0. The highest BCUT2D eigenvalue weighted by atomic mass is 16.2. The Balaban J connectivity index is 1.48. The zero-order valence-electron chi connectivity index (χ0n) is 16.4. The van der Waals surface area contributed by atoms with Gasteiger partial charge in [-0.2, -0.15) is 0 Å². The predicted octanol–water partition coefficient (Wildman–Crippen LogP) is 2.41. The summed E-state index contributed by atoms with van der Waals surface area (Å²) in [6.07, 6.45) is 4.46. The van der Waals surface area contributed by atoms with E-state index >= 15 is 0 Å². The number of carbonyl (C=O) groups is 1. The zero-order chi connectivity index (χ0) is 19.9. The summed E-state index contributed by atoms with van der Waals surface area (Å²) in [5, 5.41) is 14.6. The van der Waals surface area contributed by atoms with Crippen LogP contribution in [0.3, 0.4) is 0 Å². The molecule has 0 saturated carbocycles. The maximum atomic E-state index is 13.2. The van der Waals surface area contributed by atoms with Gasteiger partial charge in [-0.05, 0) is 47.5 Å². The number of hydrogen-bond acceptors (Lipinski definition) is 5. The molecule has 0 spiro atoms. The van der Waals surface area contributed by atoms with Crippen LogP contribution in [0.4, 0.5) is 0 Å². The number of hydrogen-bond donors (Lipinski definition) is 1. The first-order valence-corrected chi connectivity index (χ1v) is 10.1. The first kappa shape index (κ1) is 19.3. The third-order valence-electron chi connectivity index (χ3n) is 5.49. The van der Waals surface area contributed by atoms with Crippen LogP contribution in [0.2, 0.25) is 0 Å². The Morgan fingerprint density at radius 1 is 1.00 bits per heavy atom. The van der Waals surface area contributed by atoms with E-state index in [1.807, 2.05) is 36.4 Å². The Hall–Kier alpha value is -3.06. The van der Waals surface area contributed by atoms with E-state index in [-0.39, 0.29) is 11.9 Å². The summed E-state index contributed by atoms with van der Waals surface area (Å²) >= 11 is 0. The molecule has 2 aromatic carbocycles. The van der Waals surface area contributed by atoms with Gasteiger partial charge in [0.1, 0.15) is 12.4 Å². The van der Waals surface area contributed by atoms with Crippen LogP contribution in [0.15, 0.2) is 67.0 Å². The van der Waals surface area contributed by atoms with Gasteiger partial charge in [-0.1, -0.05) is 60.7 Å². The van der Waals surface area contributed by atoms with E-state index in [4.69, 9.17) is 0 Å². The Morgan fingerprint density at radius 3 is 2.34 bits per heavy atom. The fraction of sp³-hybridized carbons (Fsp3) is 0.364. The molecule has 2 heterocycles. The maximum absolute atomic E-state index is 13.2. The standard InChI is InChI=1S/C22H26N6O/c29-22(20(28-17-24-25-26-28)15-18-9-3-1-4-10-18)23-16-21(27-13-7-8-14-27)19-11-5-2-6-12-19/h1-6,9-12,17,20-21H,7-8,13-16H2,(H,23,29). The largest absolute Gasteiger partial charge is 0.352 e. The summed E-state index contributed by atoms with van der Waals surface area (Å²) in [5.74, 6) is -0.0683. The van der Waals surface area contributed by atoms with Crippen molar-refractivity contribution in [1.29, 1.82) is 0 Å². The van der Waals surface area contributed by atoms with Crippen LogP contribution >= 0.6 is 0 Å². The normalized spacial score (nSPS) is 16.4. The van der Waals surface area contributed by atoms with Crippen LogP contribution in [-0.4, -0.2) is 50.6 Å². The molecule has 3 aromatic rings. The molecule has 1 amide bonds. The van der Waals surface area contributed by atoms with Crippen LogP contribution in [-0.2, 0) is 11.2 Å². The molecule has 0 radical (unpaired) electrons. The molecule has 1 aliphatic heterocycles. The second-order valence-corrected chi connectivity index (χ2v) is 7.41. The topological polar surface area (TPSA) is 75.9 Å². The van der Waals surface area contributed by atoms with Crippen molar-refractivity contribution >= 4 is 5.91 Å². The third-order valence-corrected chi connectivity index (χ3v) is 5.49. The molecule has 1 saturated heterocycles. The lowest BCUT2D eigenvalue weighted by atomic mass is 10.0. The van der Waals surface area contributed by atoms with E-state index in [2.05, 4.69) is 50.0 Å². The van der Waals surface area contributed by atoms with Crippen molar-refractivity contribution in [2.24, 2.45) is 0 Å². The highest BCUT2D eigenvalue weighted by molar-refractivity contribution is 5.80. The first-order valence-electron chi connectivity index (χ1n) is 10.1. The fourth-order valence-corrected chi connectivity index (χ4v) is 3.96. The van der Waals surface area contributed by atoms with Gasteiger partial charge in [-0.25, -0.2) is 4.68 Å².